The number of unbranched alkanes of at least 4 members (excludes halogenated alkanes) is 1. The van der Waals surface area contributed by atoms with Crippen LogP contribution in [-0.2, 0) is 31.9 Å². The van der Waals surface area contributed by atoms with Gasteiger partial charge in [0.2, 0.25) is 11.8 Å². The Hall–Kier alpha value is -1.67. The molecule has 0 radical (unpaired) electrons. The number of aromatic nitrogens is 1. The van der Waals surface area contributed by atoms with Crippen molar-refractivity contribution in [2.75, 3.05) is 26.0 Å². The smallest absolute Gasteiger partial charge is 0.264 e. The van der Waals surface area contributed by atoms with Crippen molar-refractivity contribution in [3.63, 3.8) is 0 Å². The number of carbonyl (C=O) groups is 1. The molecule has 0 unspecified atom stereocenters. The van der Waals surface area contributed by atoms with Gasteiger partial charge in [0.15, 0.2) is 0 Å². The first-order valence-electron chi connectivity index (χ1n) is 7.17. The normalized spacial score (nSPS) is 14.9. The summed E-state index contributed by atoms with van der Waals surface area (Å²) in [5, 5.41) is 2.81. The molecule has 0 atom stereocenters. The maximum atomic E-state index is 11.5. The van der Waals surface area contributed by atoms with E-state index in [0.29, 0.717) is 31.9 Å². The number of nitrogens with zero attached hydrogens (tertiary/aromatic N) is 1. The van der Waals surface area contributed by atoms with Crippen LogP contribution in [0, 0.1) is 0 Å². The van der Waals surface area contributed by atoms with Gasteiger partial charge in [0.25, 0.3) is 10.1 Å². The summed E-state index contributed by atoms with van der Waals surface area (Å²) in [6.45, 7) is 1.21. The van der Waals surface area contributed by atoms with Crippen molar-refractivity contribution in [1.29, 1.82) is 0 Å². The fraction of sp³-hybridized carbons (Fsp3) is 0.571. The van der Waals surface area contributed by atoms with Crippen LogP contribution >= 0.6 is 0 Å². The Bertz CT molecular complexity index is 630. The number of hydrogen-bond acceptors (Lipinski definition) is 6. The Morgan fingerprint density at radius 3 is 2.82 bits per heavy atom. The van der Waals surface area contributed by atoms with Gasteiger partial charge in [0.1, 0.15) is 0 Å². The van der Waals surface area contributed by atoms with Gasteiger partial charge in [-0.25, -0.2) is 4.98 Å². The minimum absolute atomic E-state index is 0.0266. The van der Waals surface area contributed by atoms with Gasteiger partial charge < -0.3 is 10.1 Å². The third kappa shape index (κ3) is 5.61. The summed E-state index contributed by atoms with van der Waals surface area (Å²) in [5.41, 5.74) is 1.82. The maximum Gasteiger partial charge on any atom is 0.264 e. The summed E-state index contributed by atoms with van der Waals surface area (Å²) in [7, 11) is -3.37. The van der Waals surface area contributed by atoms with E-state index in [1.807, 2.05) is 6.07 Å². The van der Waals surface area contributed by atoms with E-state index in [2.05, 4.69) is 14.5 Å². The highest BCUT2D eigenvalue weighted by molar-refractivity contribution is 7.85. The van der Waals surface area contributed by atoms with Crippen molar-refractivity contribution in [3.8, 4) is 5.88 Å². The summed E-state index contributed by atoms with van der Waals surface area (Å²) in [6.07, 6.45) is 3.32. The Morgan fingerprint density at radius 2 is 2.05 bits per heavy atom. The van der Waals surface area contributed by atoms with E-state index in [-0.39, 0.29) is 18.9 Å². The molecule has 0 saturated heterocycles. The van der Waals surface area contributed by atoms with Crippen LogP contribution < -0.4 is 10.1 Å². The number of rotatable bonds is 7. The lowest BCUT2D eigenvalue weighted by Crippen LogP contribution is -2.24. The molecule has 0 aliphatic carbocycles. The fourth-order valence-electron chi connectivity index (χ4n) is 2.11. The first-order chi connectivity index (χ1) is 10.4. The summed E-state index contributed by atoms with van der Waals surface area (Å²) >= 11 is 0. The SMILES string of the molecule is CS(=O)(=O)OCCCCOc1ccc2c(n1)CC(=O)NCC2. The molecular weight excluding hydrogens is 308 g/mol. The van der Waals surface area contributed by atoms with E-state index in [1.165, 1.54) is 0 Å². The minimum atomic E-state index is -3.37. The zero-order chi connectivity index (χ0) is 16.0. The highest BCUT2D eigenvalue weighted by atomic mass is 32.2. The van der Waals surface area contributed by atoms with E-state index in [4.69, 9.17) is 4.74 Å². The van der Waals surface area contributed by atoms with Crippen molar-refractivity contribution in [2.45, 2.75) is 25.7 Å². The molecule has 0 spiro atoms. The molecule has 2 heterocycles. The topological polar surface area (TPSA) is 94.6 Å². The van der Waals surface area contributed by atoms with Crippen LogP contribution in [0.1, 0.15) is 24.1 Å². The molecule has 1 aromatic rings. The van der Waals surface area contributed by atoms with Crippen LogP contribution in [0.25, 0.3) is 0 Å². The van der Waals surface area contributed by atoms with Gasteiger partial charge in [0, 0.05) is 12.6 Å². The highest BCUT2D eigenvalue weighted by Crippen LogP contribution is 2.16. The van der Waals surface area contributed by atoms with Crippen molar-refractivity contribution >= 4 is 16.0 Å². The Morgan fingerprint density at radius 1 is 1.27 bits per heavy atom. The summed E-state index contributed by atoms with van der Waals surface area (Å²) in [5.74, 6) is 0.457. The van der Waals surface area contributed by atoms with Gasteiger partial charge in [-0.15, -0.1) is 0 Å². The van der Waals surface area contributed by atoms with Crippen molar-refractivity contribution < 1.29 is 22.1 Å². The quantitative estimate of drug-likeness (QED) is 0.576. The van der Waals surface area contributed by atoms with Crippen LogP contribution in [0.2, 0.25) is 0 Å². The summed E-state index contributed by atoms with van der Waals surface area (Å²) in [6, 6.07) is 3.73. The van der Waals surface area contributed by atoms with Gasteiger partial charge >= 0.3 is 0 Å². The number of amides is 1. The van der Waals surface area contributed by atoms with Crippen LogP contribution in [0.5, 0.6) is 5.88 Å². The second-order valence-corrected chi connectivity index (χ2v) is 6.76. The molecule has 7 nitrogen and oxygen atoms in total. The lowest BCUT2D eigenvalue weighted by Gasteiger charge is -2.08. The maximum absolute atomic E-state index is 11.5. The van der Waals surface area contributed by atoms with Gasteiger partial charge in [-0.05, 0) is 24.8 Å². The largest absolute Gasteiger partial charge is 0.478 e. The van der Waals surface area contributed by atoms with Gasteiger partial charge in [0.05, 0.1) is 31.6 Å². The van der Waals surface area contributed by atoms with Crippen molar-refractivity contribution in [3.05, 3.63) is 23.4 Å². The first kappa shape index (κ1) is 16.7. The van der Waals surface area contributed by atoms with E-state index in [9.17, 15) is 13.2 Å². The molecule has 0 fully saturated rings. The average molecular weight is 328 g/mol. The van der Waals surface area contributed by atoms with E-state index in [0.717, 1.165) is 23.9 Å². The molecule has 1 amide bonds. The third-order valence-corrected chi connectivity index (χ3v) is 3.77. The van der Waals surface area contributed by atoms with Crippen LogP contribution in [0.3, 0.4) is 0 Å². The van der Waals surface area contributed by atoms with Gasteiger partial charge in [-0.1, -0.05) is 6.07 Å². The third-order valence-electron chi connectivity index (χ3n) is 3.17. The number of hydrogen-bond donors (Lipinski definition) is 1. The Labute approximate surface area is 130 Å². The van der Waals surface area contributed by atoms with Gasteiger partial charge in [-0.3, -0.25) is 8.98 Å². The monoisotopic (exact) mass is 328 g/mol. The molecule has 1 aromatic heterocycles. The second-order valence-electron chi connectivity index (χ2n) is 5.11. The molecule has 22 heavy (non-hydrogen) atoms. The Balaban J connectivity index is 1.78. The molecule has 122 valence electrons. The average Bonchev–Trinajstić information content (AvgIpc) is 2.61. The molecule has 1 aliphatic rings. The van der Waals surface area contributed by atoms with E-state index < -0.39 is 10.1 Å². The zero-order valence-electron chi connectivity index (χ0n) is 12.5. The molecule has 0 aromatic carbocycles. The van der Waals surface area contributed by atoms with E-state index >= 15 is 0 Å². The lowest BCUT2D eigenvalue weighted by atomic mass is 10.1. The number of nitrogens with one attached hydrogen (secondary N) is 1. The minimum Gasteiger partial charge on any atom is -0.478 e. The van der Waals surface area contributed by atoms with Gasteiger partial charge in [-0.2, -0.15) is 8.42 Å². The first-order valence-corrected chi connectivity index (χ1v) is 8.98. The standard InChI is InChI=1S/C14H20N2O5S/c1-22(18,19)21-9-3-2-8-20-14-5-4-11-6-7-15-13(17)10-12(11)16-14/h4-5H,2-3,6-10H2,1H3,(H,15,17). The number of fused-ring (bicyclic) bond motifs is 1. The van der Waals surface area contributed by atoms with Crippen LogP contribution in [0.15, 0.2) is 12.1 Å². The molecule has 2 rings (SSSR count). The molecule has 1 N–H and O–H groups in total. The number of pyridine rings is 1. The summed E-state index contributed by atoms with van der Waals surface area (Å²) in [4.78, 5) is 15.9. The molecule has 1 aliphatic heterocycles. The fourth-order valence-corrected chi connectivity index (χ4v) is 2.53. The molecule has 0 bridgehead atoms. The molecular formula is C14H20N2O5S. The Kier molecular flexibility index (Phi) is 5.73. The van der Waals surface area contributed by atoms with Crippen LogP contribution in [-0.4, -0.2) is 45.3 Å². The second kappa shape index (κ2) is 7.55. The highest BCUT2D eigenvalue weighted by Gasteiger charge is 2.15. The van der Waals surface area contributed by atoms with E-state index in [1.54, 1.807) is 6.07 Å². The lowest BCUT2D eigenvalue weighted by molar-refractivity contribution is -0.120. The molecule has 8 heteroatoms. The predicted octanol–water partition coefficient (Wildman–Crippen LogP) is 0.432. The predicted molar refractivity (Wildman–Crippen MR) is 80.2 cm³/mol. The zero-order valence-corrected chi connectivity index (χ0v) is 13.3. The summed E-state index contributed by atoms with van der Waals surface area (Å²) < 4.78 is 31.7. The van der Waals surface area contributed by atoms with Crippen LogP contribution in [0.4, 0.5) is 0 Å². The van der Waals surface area contributed by atoms with Crippen molar-refractivity contribution in [1.82, 2.24) is 10.3 Å². The van der Waals surface area contributed by atoms with Crippen molar-refractivity contribution in [2.24, 2.45) is 0 Å². The number of ether oxygens (including phenoxy) is 1. The molecule has 0 saturated carbocycles. The number of carbonyl (C=O) groups excluding carboxylic acids is 1.